The van der Waals surface area contributed by atoms with Crippen LogP contribution in [0.25, 0.3) is 0 Å². The van der Waals surface area contributed by atoms with Crippen molar-refractivity contribution in [3.8, 4) is 5.75 Å². The molecule has 1 aliphatic rings. The fourth-order valence-electron chi connectivity index (χ4n) is 3.44. The number of aliphatic imine (C=N–C) groups is 2. The first-order chi connectivity index (χ1) is 15.9. The highest BCUT2D eigenvalue weighted by atomic mass is 35.5. The fourth-order valence-corrected chi connectivity index (χ4v) is 4.47. The van der Waals surface area contributed by atoms with Crippen LogP contribution < -0.4 is 10.1 Å². The van der Waals surface area contributed by atoms with Gasteiger partial charge in [-0.25, -0.2) is 4.99 Å². The smallest absolute Gasteiger partial charge is 0.234 e. The van der Waals surface area contributed by atoms with Gasteiger partial charge in [0.25, 0.3) is 0 Å². The molecule has 1 N–H and O–H groups in total. The van der Waals surface area contributed by atoms with Gasteiger partial charge in [-0.05, 0) is 60.9 Å². The van der Waals surface area contributed by atoms with Gasteiger partial charge in [-0.1, -0.05) is 41.9 Å². The zero-order chi connectivity index (χ0) is 23.4. The molecule has 7 heteroatoms. The van der Waals surface area contributed by atoms with E-state index in [1.54, 1.807) is 25.3 Å². The molecule has 1 aliphatic heterocycles. The van der Waals surface area contributed by atoms with Crippen LogP contribution in [0.5, 0.6) is 5.75 Å². The van der Waals surface area contributed by atoms with Crippen molar-refractivity contribution in [2.24, 2.45) is 9.98 Å². The van der Waals surface area contributed by atoms with Gasteiger partial charge in [0.2, 0.25) is 5.91 Å². The lowest BCUT2D eigenvalue weighted by Gasteiger charge is -2.09. The molecule has 0 saturated carbocycles. The summed E-state index contributed by atoms with van der Waals surface area (Å²) in [6, 6.07) is 19.4. The Morgan fingerprint density at radius 2 is 1.73 bits per heavy atom. The van der Waals surface area contributed by atoms with Gasteiger partial charge in [0.1, 0.15) is 5.75 Å². The van der Waals surface area contributed by atoms with E-state index >= 15 is 0 Å². The summed E-state index contributed by atoms with van der Waals surface area (Å²) in [6.45, 7) is 4.14. The number of hydrogen-bond donors (Lipinski definition) is 1. The van der Waals surface area contributed by atoms with Gasteiger partial charge < -0.3 is 10.1 Å². The number of anilines is 1. The van der Waals surface area contributed by atoms with Crippen molar-refractivity contribution in [1.29, 1.82) is 0 Å². The summed E-state index contributed by atoms with van der Waals surface area (Å²) in [7, 11) is 1.55. The monoisotopic (exact) mass is 477 g/mol. The van der Waals surface area contributed by atoms with E-state index in [1.807, 2.05) is 30.3 Å². The number of ether oxygens (including phenoxy) is 1. The zero-order valence-corrected chi connectivity index (χ0v) is 20.3. The first-order valence-electron chi connectivity index (χ1n) is 10.5. The lowest BCUT2D eigenvalue weighted by atomic mass is 10.1. The van der Waals surface area contributed by atoms with Crippen LogP contribution in [0.2, 0.25) is 5.02 Å². The minimum absolute atomic E-state index is 0.133. The Labute approximate surface area is 203 Å². The third-order valence-corrected chi connectivity index (χ3v) is 6.59. The van der Waals surface area contributed by atoms with Gasteiger partial charge in [0, 0.05) is 12.1 Å². The summed E-state index contributed by atoms with van der Waals surface area (Å²) in [5.41, 5.74) is 6.62. The van der Waals surface area contributed by atoms with Gasteiger partial charge in [-0.2, -0.15) is 0 Å². The quantitative estimate of drug-likeness (QED) is 0.435. The number of benzene rings is 3. The highest BCUT2D eigenvalue weighted by Gasteiger charge is 2.17. The summed E-state index contributed by atoms with van der Waals surface area (Å²) in [5, 5.41) is 4.18. The summed E-state index contributed by atoms with van der Waals surface area (Å²) in [5.74, 6) is 0.658. The molecule has 0 bridgehead atoms. The van der Waals surface area contributed by atoms with Crippen molar-refractivity contribution in [3.63, 3.8) is 0 Å². The second-order valence-corrected chi connectivity index (χ2v) is 9.17. The SMILES string of the molecule is COc1ccc(NC(=O)CSC2=Nc3cc(C)c(C)cc3N=C(c3ccccc3)C2)cc1Cl. The Morgan fingerprint density at radius 1 is 1.03 bits per heavy atom. The number of aryl methyl sites for hydroxylation is 2. The van der Waals surface area contributed by atoms with Crippen LogP contribution in [0.4, 0.5) is 17.1 Å². The van der Waals surface area contributed by atoms with E-state index in [9.17, 15) is 4.79 Å². The van der Waals surface area contributed by atoms with Crippen molar-refractivity contribution in [2.45, 2.75) is 20.3 Å². The summed E-state index contributed by atoms with van der Waals surface area (Å²) in [6.07, 6.45) is 0.559. The van der Waals surface area contributed by atoms with Crippen LogP contribution in [0, 0.1) is 13.8 Å². The van der Waals surface area contributed by atoms with Crippen LogP contribution in [-0.2, 0) is 4.79 Å². The van der Waals surface area contributed by atoms with E-state index in [0.717, 1.165) is 33.3 Å². The third-order valence-electron chi connectivity index (χ3n) is 5.32. The average Bonchev–Trinajstić information content (AvgIpc) is 2.98. The maximum absolute atomic E-state index is 12.6. The number of carbonyl (C=O) groups is 1. The fraction of sp³-hybridized carbons (Fsp3) is 0.192. The number of thioether (sulfide) groups is 1. The van der Waals surface area contributed by atoms with Gasteiger partial charge in [-0.3, -0.25) is 9.79 Å². The minimum Gasteiger partial charge on any atom is -0.495 e. The number of amides is 1. The molecule has 5 nitrogen and oxygen atoms in total. The first kappa shape index (κ1) is 23.1. The van der Waals surface area contributed by atoms with Crippen LogP contribution >= 0.6 is 23.4 Å². The molecule has 0 saturated heterocycles. The Hall–Kier alpha value is -3.09. The molecule has 1 heterocycles. The number of nitrogens with zero attached hydrogens (tertiary/aromatic N) is 2. The lowest BCUT2D eigenvalue weighted by molar-refractivity contribution is -0.113. The van der Waals surface area contributed by atoms with Gasteiger partial charge in [0.15, 0.2) is 0 Å². The first-order valence-corrected chi connectivity index (χ1v) is 11.9. The van der Waals surface area contributed by atoms with Crippen molar-refractivity contribution in [1.82, 2.24) is 0 Å². The number of hydrogen-bond acceptors (Lipinski definition) is 5. The third kappa shape index (κ3) is 5.64. The van der Waals surface area contributed by atoms with E-state index in [-0.39, 0.29) is 11.7 Å². The second-order valence-electron chi connectivity index (χ2n) is 7.72. The van der Waals surface area contributed by atoms with Crippen LogP contribution in [0.1, 0.15) is 23.1 Å². The number of rotatable bonds is 5. The molecule has 1 amide bonds. The van der Waals surface area contributed by atoms with Crippen molar-refractivity contribution < 1.29 is 9.53 Å². The van der Waals surface area contributed by atoms with Gasteiger partial charge in [-0.15, -0.1) is 11.8 Å². The highest BCUT2D eigenvalue weighted by molar-refractivity contribution is 8.14. The molecule has 0 atom stereocenters. The molecule has 0 spiro atoms. The minimum atomic E-state index is -0.133. The Morgan fingerprint density at radius 3 is 2.39 bits per heavy atom. The summed E-state index contributed by atoms with van der Waals surface area (Å²) in [4.78, 5) is 22.4. The molecule has 33 heavy (non-hydrogen) atoms. The number of carbonyl (C=O) groups excluding carboxylic acids is 1. The van der Waals surface area contributed by atoms with Crippen molar-refractivity contribution >= 4 is 57.1 Å². The Kier molecular flexibility index (Phi) is 7.16. The van der Waals surface area contributed by atoms with E-state index in [0.29, 0.717) is 22.9 Å². The maximum atomic E-state index is 12.6. The standard InChI is InChI=1S/C26H24ClN3O2S/c1-16-11-22-23(12-17(16)2)30-26(14-21(29-22)18-7-5-4-6-8-18)33-15-25(31)28-19-9-10-24(32-3)20(27)13-19/h4-13H,14-15H2,1-3H3,(H,28,31). The molecule has 0 fully saturated rings. The average molecular weight is 478 g/mol. The van der Waals surface area contributed by atoms with Crippen molar-refractivity contribution in [2.75, 3.05) is 18.2 Å². The van der Waals surface area contributed by atoms with E-state index in [2.05, 4.69) is 31.3 Å². The normalized spacial score (nSPS) is 12.8. The summed E-state index contributed by atoms with van der Waals surface area (Å²) < 4.78 is 5.16. The Bertz CT molecular complexity index is 1260. The molecule has 0 unspecified atom stereocenters. The molecule has 0 radical (unpaired) electrons. The van der Waals surface area contributed by atoms with E-state index < -0.39 is 0 Å². The molecule has 0 aliphatic carbocycles. The number of nitrogens with one attached hydrogen (secondary N) is 1. The molecule has 3 aromatic carbocycles. The molecule has 168 valence electrons. The van der Waals surface area contributed by atoms with Crippen LogP contribution in [0.15, 0.2) is 70.6 Å². The number of methoxy groups -OCH3 is 1. The van der Waals surface area contributed by atoms with E-state index in [1.165, 1.54) is 17.3 Å². The van der Waals surface area contributed by atoms with E-state index in [4.69, 9.17) is 26.3 Å². The number of fused-ring (bicyclic) bond motifs is 1. The summed E-state index contributed by atoms with van der Waals surface area (Å²) >= 11 is 7.58. The molecular weight excluding hydrogens is 454 g/mol. The zero-order valence-electron chi connectivity index (χ0n) is 18.7. The maximum Gasteiger partial charge on any atom is 0.234 e. The van der Waals surface area contributed by atoms with Gasteiger partial charge >= 0.3 is 0 Å². The molecule has 0 aromatic heterocycles. The predicted octanol–water partition coefficient (Wildman–Crippen LogP) is 6.89. The molecule has 3 aromatic rings. The Balaban J connectivity index is 1.54. The highest BCUT2D eigenvalue weighted by Crippen LogP contribution is 2.36. The number of halogens is 1. The largest absolute Gasteiger partial charge is 0.495 e. The van der Waals surface area contributed by atoms with Crippen molar-refractivity contribution in [3.05, 3.63) is 82.4 Å². The second kappa shape index (κ2) is 10.2. The van der Waals surface area contributed by atoms with Crippen LogP contribution in [0.3, 0.4) is 0 Å². The molecule has 4 rings (SSSR count). The molecular formula is C26H24ClN3O2S. The predicted molar refractivity (Wildman–Crippen MR) is 139 cm³/mol. The lowest BCUT2D eigenvalue weighted by Crippen LogP contribution is -2.16. The topological polar surface area (TPSA) is 63.0 Å². The van der Waals surface area contributed by atoms with Gasteiger partial charge in [0.05, 0.1) is 40.0 Å². The van der Waals surface area contributed by atoms with Crippen LogP contribution in [-0.4, -0.2) is 29.5 Å².